The van der Waals surface area contributed by atoms with E-state index in [0.717, 1.165) is 16.7 Å². The average molecular weight is 271 g/mol. The molecule has 3 heteroatoms. The first-order valence-corrected chi connectivity index (χ1v) is 6.76. The van der Waals surface area contributed by atoms with E-state index in [2.05, 4.69) is 6.07 Å². The molecule has 2 aromatic carbocycles. The Hall–Kier alpha value is -1.84. The highest BCUT2D eigenvalue weighted by molar-refractivity contribution is 5.34. The maximum Gasteiger partial charge on any atom is 0.115 e. The highest BCUT2D eigenvalue weighted by atomic mass is 16.3. The summed E-state index contributed by atoms with van der Waals surface area (Å²) >= 11 is 0. The standard InChI is InChI=1S/C17H21NO2/c1-13-3-2-4-15(9-13)17(11-18,12-19)10-14-5-7-16(20)8-6-14/h2-9,19-20H,10-12,18H2,1H3. The number of benzene rings is 2. The first-order valence-electron chi connectivity index (χ1n) is 6.76. The summed E-state index contributed by atoms with van der Waals surface area (Å²) in [5, 5.41) is 19.3. The second kappa shape index (κ2) is 6.07. The quantitative estimate of drug-likeness (QED) is 0.780. The van der Waals surface area contributed by atoms with Crippen LogP contribution >= 0.6 is 0 Å². The van der Waals surface area contributed by atoms with Gasteiger partial charge in [-0.1, -0.05) is 42.0 Å². The molecule has 2 rings (SSSR count). The summed E-state index contributed by atoms with van der Waals surface area (Å²) in [5.74, 6) is 0.242. The van der Waals surface area contributed by atoms with Crippen molar-refractivity contribution < 1.29 is 10.2 Å². The number of hydrogen-bond donors (Lipinski definition) is 3. The minimum atomic E-state index is -0.483. The molecule has 0 bridgehead atoms. The van der Waals surface area contributed by atoms with Crippen LogP contribution in [0.2, 0.25) is 0 Å². The topological polar surface area (TPSA) is 66.5 Å². The molecule has 0 saturated carbocycles. The molecule has 2 aromatic rings. The zero-order chi connectivity index (χ0) is 14.6. The van der Waals surface area contributed by atoms with Gasteiger partial charge in [0.25, 0.3) is 0 Å². The third-order valence-corrected chi connectivity index (χ3v) is 3.80. The molecular formula is C17H21NO2. The molecule has 0 aliphatic heterocycles. The molecule has 4 N–H and O–H groups in total. The fourth-order valence-corrected chi connectivity index (χ4v) is 2.48. The van der Waals surface area contributed by atoms with Crippen LogP contribution in [-0.4, -0.2) is 23.4 Å². The van der Waals surface area contributed by atoms with Crippen LogP contribution < -0.4 is 5.73 Å². The third-order valence-electron chi connectivity index (χ3n) is 3.80. The molecule has 0 fully saturated rings. The van der Waals surface area contributed by atoms with E-state index in [4.69, 9.17) is 5.73 Å². The van der Waals surface area contributed by atoms with E-state index in [1.54, 1.807) is 12.1 Å². The van der Waals surface area contributed by atoms with Gasteiger partial charge in [0.1, 0.15) is 5.75 Å². The molecule has 0 radical (unpaired) electrons. The number of hydrogen-bond acceptors (Lipinski definition) is 3. The zero-order valence-electron chi connectivity index (χ0n) is 11.7. The van der Waals surface area contributed by atoms with Gasteiger partial charge in [0.05, 0.1) is 6.61 Å². The van der Waals surface area contributed by atoms with Gasteiger partial charge < -0.3 is 15.9 Å². The van der Waals surface area contributed by atoms with Crippen molar-refractivity contribution in [2.75, 3.05) is 13.2 Å². The molecule has 0 heterocycles. The lowest BCUT2D eigenvalue weighted by Crippen LogP contribution is -2.41. The van der Waals surface area contributed by atoms with E-state index in [1.807, 2.05) is 37.3 Å². The molecule has 0 spiro atoms. The summed E-state index contributed by atoms with van der Waals surface area (Å²) in [7, 11) is 0. The molecule has 0 aromatic heterocycles. The van der Waals surface area contributed by atoms with Gasteiger partial charge in [0.2, 0.25) is 0 Å². The van der Waals surface area contributed by atoms with Gasteiger partial charge in [-0.25, -0.2) is 0 Å². The van der Waals surface area contributed by atoms with Crippen LogP contribution in [0.4, 0.5) is 0 Å². The van der Waals surface area contributed by atoms with Crippen molar-refractivity contribution in [1.29, 1.82) is 0 Å². The Morgan fingerprint density at radius 2 is 1.80 bits per heavy atom. The highest BCUT2D eigenvalue weighted by Crippen LogP contribution is 2.28. The molecule has 0 amide bonds. The van der Waals surface area contributed by atoms with Gasteiger partial charge in [-0.15, -0.1) is 0 Å². The van der Waals surface area contributed by atoms with Crippen molar-refractivity contribution >= 4 is 0 Å². The maximum atomic E-state index is 9.91. The predicted molar refractivity (Wildman–Crippen MR) is 80.8 cm³/mol. The second-order valence-corrected chi connectivity index (χ2v) is 5.36. The Bertz CT molecular complexity index is 559. The SMILES string of the molecule is Cc1cccc(C(CN)(CO)Cc2ccc(O)cc2)c1. The summed E-state index contributed by atoms with van der Waals surface area (Å²) in [6.45, 7) is 2.39. The van der Waals surface area contributed by atoms with Crippen LogP contribution in [0.3, 0.4) is 0 Å². The fourth-order valence-electron chi connectivity index (χ4n) is 2.48. The van der Waals surface area contributed by atoms with Crippen LogP contribution in [0.25, 0.3) is 0 Å². The Kier molecular flexibility index (Phi) is 4.42. The molecule has 1 unspecified atom stereocenters. The molecule has 0 aliphatic rings. The Morgan fingerprint density at radius 1 is 1.10 bits per heavy atom. The number of aryl methyl sites for hydroxylation is 1. The van der Waals surface area contributed by atoms with Gasteiger partial charge in [-0.2, -0.15) is 0 Å². The predicted octanol–water partition coefficient (Wildman–Crippen LogP) is 2.13. The van der Waals surface area contributed by atoms with E-state index in [1.165, 1.54) is 0 Å². The second-order valence-electron chi connectivity index (χ2n) is 5.36. The first-order chi connectivity index (χ1) is 9.59. The highest BCUT2D eigenvalue weighted by Gasteiger charge is 2.30. The lowest BCUT2D eigenvalue weighted by molar-refractivity contribution is 0.196. The number of aliphatic hydroxyl groups is 1. The Morgan fingerprint density at radius 3 is 2.35 bits per heavy atom. The summed E-state index contributed by atoms with van der Waals surface area (Å²) in [6, 6.07) is 15.1. The van der Waals surface area contributed by atoms with Gasteiger partial charge in [0.15, 0.2) is 0 Å². The van der Waals surface area contributed by atoms with E-state index in [9.17, 15) is 10.2 Å². The molecule has 3 nitrogen and oxygen atoms in total. The zero-order valence-corrected chi connectivity index (χ0v) is 11.7. The minimum Gasteiger partial charge on any atom is -0.508 e. The Labute approximate surface area is 119 Å². The van der Waals surface area contributed by atoms with Gasteiger partial charge in [-0.05, 0) is 36.6 Å². The van der Waals surface area contributed by atoms with E-state index >= 15 is 0 Å². The number of phenols is 1. The molecule has 106 valence electrons. The van der Waals surface area contributed by atoms with Crippen molar-refractivity contribution in [3.8, 4) is 5.75 Å². The number of rotatable bonds is 5. The summed E-state index contributed by atoms with van der Waals surface area (Å²) < 4.78 is 0. The van der Waals surface area contributed by atoms with Crippen molar-refractivity contribution in [1.82, 2.24) is 0 Å². The number of aliphatic hydroxyl groups excluding tert-OH is 1. The Balaban J connectivity index is 2.36. The third kappa shape index (κ3) is 3.00. The lowest BCUT2D eigenvalue weighted by atomic mass is 9.76. The van der Waals surface area contributed by atoms with Crippen LogP contribution in [0.5, 0.6) is 5.75 Å². The maximum absolute atomic E-state index is 9.91. The summed E-state index contributed by atoms with van der Waals surface area (Å²) in [4.78, 5) is 0. The minimum absolute atomic E-state index is 0.00612. The molecule has 0 saturated heterocycles. The normalized spacial score (nSPS) is 13.9. The first kappa shape index (κ1) is 14.6. The van der Waals surface area contributed by atoms with Crippen molar-refractivity contribution in [3.63, 3.8) is 0 Å². The largest absolute Gasteiger partial charge is 0.508 e. The van der Waals surface area contributed by atoms with Crippen LogP contribution in [0.15, 0.2) is 48.5 Å². The van der Waals surface area contributed by atoms with E-state index in [-0.39, 0.29) is 12.4 Å². The lowest BCUT2D eigenvalue weighted by Gasteiger charge is -2.31. The number of nitrogens with two attached hydrogens (primary N) is 1. The molecular weight excluding hydrogens is 250 g/mol. The van der Waals surface area contributed by atoms with Crippen LogP contribution in [0.1, 0.15) is 16.7 Å². The molecule has 0 aliphatic carbocycles. The molecule has 20 heavy (non-hydrogen) atoms. The van der Waals surface area contributed by atoms with E-state index in [0.29, 0.717) is 13.0 Å². The van der Waals surface area contributed by atoms with Gasteiger partial charge in [-0.3, -0.25) is 0 Å². The van der Waals surface area contributed by atoms with Crippen molar-refractivity contribution in [2.45, 2.75) is 18.8 Å². The smallest absolute Gasteiger partial charge is 0.115 e. The number of phenolic OH excluding ortho intramolecular Hbond substituents is 1. The van der Waals surface area contributed by atoms with Crippen molar-refractivity contribution in [3.05, 3.63) is 65.2 Å². The van der Waals surface area contributed by atoms with Gasteiger partial charge >= 0.3 is 0 Å². The fraction of sp³-hybridized carbons (Fsp3) is 0.294. The van der Waals surface area contributed by atoms with E-state index < -0.39 is 5.41 Å². The van der Waals surface area contributed by atoms with Crippen LogP contribution in [0, 0.1) is 6.92 Å². The summed E-state index contributed by atoms with van der Waals surface area (Å²) in [5.41, 5.74) is 8.73. The molecule has 1 atom stereocenters. The van der Waals surface area contributed by atoms with Crippen molar-refractivity contribution in [2.24, 2.45) is 5.73 Å². The average Bonchev–Trinajstić information content (AvgIpc) is 2.47. The monoisotopic (exact) mass is 271 g/mol. The van der Waals surface area contributed by atoms with Crippen LogP contribution in [-0.2, 0) is 11.8 Å². The number of aromatic hydroxyl groups is 1. The summed E-state index contributed by atoms with van der Waals surface area (Å²) in [6.07, 6.45) is 0.643. The van der Waals surface area contributed by atoms with Gasteiger partial charge in [0, 0.05) is 12.0 Å².